The van der Waals surface area contributed by atoms with Crippen LogP contribution in [0.3, 0.4) is 0 Å². The van der Waals surface area contributed by atoms with Crippen LogP contribution in [0.5, 0.6) is 0 Å². The molecule has 0 fully saturated rings. The molecule has 0 aliphatic rings. The van der Waals surface area contributed by atoms with E-state index in [1.54, 1.807) is 0 Å². The van der Waals surface area contributed by atoms with Crippen molar-refractivity contribution in [3.05, 3.63) is 0 Å². The van der Waals surface area contributed by atoms with Crippen LogP contribution in [-0.2, 0) is 4.79 Å². The number of hydrogen-bond acceptors (Lipinski definition) is 2. The smallest absolute Gasteiger partial charge is 0.236 e. The summed E-state index contributed by atoms with van der Waals surface area (Å²) in [6.07, 6.45) is 0. The van der Waals surface area contributed by atoms with Gasteiger partial charge in [-0.2, -0.15) is 0 Å². The summed E-state index contributed by atoms with van der Waals surface area (Å²) >= 11 is 0. The predicted octanol–water partition coefficient (Wildman–Crippen LogP) is 1.78. The van der Waals surface area contributed by atoms with Crippen molar-refractivity contribution in [2.24, 2.45) is 11.3 Å². The molecule has 3 nitrogen and oxygen atoms in total. The Morgan fingerprint density at radius 3 is 2.20 bits per heavy atom. The van der Waals surface area contributed by atoms with Gasteiger partial charge in [-0.25, -0.2) is 0 Å². The fourth-order valence-corrected chi connectivity index (χ4v) is 1.08. The zero-order valence-corrected chi connectivity index (χ0v) is 11.0. The van der Waals surface area contributed by atoms with Crippen LogP contribution in [0.25, 0.3) is 0 Å². The van der Waals surface area contributed by atoms with E-state index in [-0.39, 0.29) is 17.4 Å². The summed E-state index contributed by atoms with van der Waals surface area (Å²) in [7, 11) is 0. The Morgan fingerprint density at radius 2 is 1.80 bits per heavy atom. The molecule has 0 heterocycles. The highest BCUT2D eigenvalue weighted by molar-refractivity contribution is 5.81. The van der Waals surface area contributed by atoms with Crippen molar-refractivity contribution in [2.45, 2.75) is 47.6 Å². The predicted molar refractivity (Wildman–Crippen MR) is 64.8 cm³/mol. The van der Waals surface area contributed by atoms with E-state index in [0.29, 0.717) is 12.5 Å². The van der Waals surface area contributed by atoms with Crippen molar-refractivity contribution in [2.75, 3.05) is 13.1 Å². The van der Waals surface area contributed by atoms with Gasteiger partial charge in [0.25, 0.3) is 0 Å². The molecule has 0 bridgehead atoms. The Bertz CT molecular complexity index is 196. The average Bonchev–Trinajstić information content (AvgIpc) is 2.12. The number of nitrogens with one attached hydrogen (secondary N) is 2. The van der Waals surface area contributed by atoms with Gasteiger partial charge in [0, 0.05) is 6.54 Å². The van der Waals surface area contributed by atoms with Gasteiger partial charge in [-0.15, -0.1) is 0 Å². The van der Waals surface area contributed by atoms with E-state index in [1.807, 2.05) is 13.8 Å². The topological polar surface area (TPSA) is 41.1 Å². The van der Waals surface area contributed by atoms with Gasteiger partial charge in [-0.3, -0.25) is 4.79 Å². The van der Waals surface area contributed by atoms with Crippen LogP contribution >= 0.6 is 0 Å². The molecule has 0 aromatic heterocycles. The maximum atomic E-state index is 11.4. The summed E-state index contributed by atoms with van der Waals surface area (Å²) in [6, 6.07) is -0.102. The third kappa shape index (κ3) is 5.78. The highest BCUT2D eigenvalue weighted by Crippen LogP contribution is 2.24. The maximum absolute atomic E-state index is 11.4. The Hall–Kier alpha value is -0.570. The normalized spacial score (nSPS) is 15.9. The van der Waals surface area contributed by atoms with E-state index < -0.39 is 0 Å². The standard InChI is InChI=1S/C12H26N2O/c1-7-13-11(15)10(3)14-8-9(2)12(4,5)6/h9-10,14H,7-8H2,1-6H3,(H,13,15). The van der Waals surface area contributed by atoms with Crippen LogP contribution in [0, 0.1) is 11.3 Å². The van der Waals surface area contributed by atoms with Gasteiger partial charge >= 0.3 is 0 Å². The molecule has 3 heteroatoms. The summed E-state index contributed by atoms with van der Waals surface area (Å²) in [5.74, 6) is 0.632. The third-order valence-corrected chi connectivity index (χ3v) is 2.95. The van der Waals surface area contributed by atoms with Gasteiger partial charge in [0.05, 0.1) is 6.04 Å². The molecule has 0 aliphatic carbocycles. The van der Waals surface area contributed by atoms with E-state index >= 15 is 0 Å². The summed E-state index contributed by atoms with van der Waals surface area (Å²) in [5, 5.41) is 6.07. The average molecular weight is 214 g/mol. The largest absolute Gasteiger partial charge is 0.355 e. The molecule has 0 aromatic carbocycles. The Morgan fingerprint density at radius 1 is 1.27 bits per heavy atom. The maximum Gasteiger partial charge on any atom is 0.236 e. The molecule has 1 amide bonds. The first-order chi connectivity index (χ1) is 6.79. The number of rotatable bonds is 5. The van der Waals surface area contributed by atoms with E-state index in [0.717, 1.165) is 6.54 Å². The molecule has 0 saturated heterocycles. The van der Waals surface area contributed by atoms with Gasteiger partial charge in [-0.05, 0) is 31.7 Å². The van der Waals surface area contributed by atoms with Crippen LogP contribution in [0.4, 0.5) is 0 Å². The molecule has 2 atom stereocenters. The SMILES string of the molecule is CCNC(=O)C(C)NCC(C)C(C)(C)C. The summed E-state index contributed by atoms with van der Waals surface area (Å²) in [5.41, 5.74) is 0.286. The molecule has 0 rings (SSSR count). The second-order valence-electron chi connectivity index (χ2n) is 5.29. The molecule has 2 N–H and O–H groups in total. The van der Waals surface area contributed by atoms with Crippen LogP contribution < -0.4 is 10.6 Å². The lowest BCUT2D eigenvalue weighted by Crippen LogP contribution is -2.44. The molecule has 0 aliphatic heterocycles. The van der Waals surface area contributed by atoms with Gasteiger partial charge in [-0.1, -0.05) is 27.7 Å². The Balaban J connectivity index is 3.90. The van der Waals surface area contributed by atoms with Gasteiger partial charge < -0.3 is 10.6 Å². The second-order valence-corrected chi connectivity index (χ2v) is 5.29. The van der Waals surface area contributed by atoms with Crippen LogP contribution in [0.1, 0.15) is 41.5 Å². The lowest BCUT2D eigenvalue weighted by Gasteiger charge is -2.28. The molecule has 15 heavy (non-hydrogen) atoms. The first-order valence-electron chi connectivity index (χ1n) is 5.80. The van der Waals surface area contributed by atoms with E-state index in [9.17, 15) is 4.79 Å². The van der Waals surface area contributed by atoms with E-state index in [2.05, 4.69) is 38.3 Å². The fraction of sp³-hybridized carbons (Fsp3) is 0.917. The lowest BCUT2D eigenvalue weighted by atomic mass is 9.82. The van der Waals surface area contributed by atoms with Crippen LogP contribution in [-0.4, -0.2) is 25.0 Å². The molecular weight excluding hydrogens is 188 g/mol. The molecule has 0 saturated carbocycles. The molecule has 0 aromatic rings. The summed E-state index contributed by atoms with van der Waals surface area (Å²) in [6.45, 7) is 14.3. The lowest BCUT2D eigenvalue weighted by molar-refractivity contribution is -0.122. The quantitative estimate of drug-likeness (QED) is 0.732. The van der Waals surface area contributed by atoms with Crippen molar-refractivity contribution < 1.29 is 4.79 Å². The first kappa shape index (κ1) is 14.4. The summed E-state index contributed by atoms with van der Waals surface area (Å²) in [4.78, 5) is 11.4. The number of hydrogen-bond donors (Lipinski definition) is 2. The number of likely N-dealkylation sites (N-methyl/N-ethyl adjacent to an activating group) is 1. The van der Waals surface area contributed by atoms with Crippen LogP contribution in [0.2, 0.25) is 0 Å². The molecule has 2 unspecified atom stereocenters. The van der Waals surface area contributed by atoms with Gasteiger partial charge in [0.15, 0.2) is 0 Å². The minimum atomic E-state index is -0.102. The van der Waals surface area contributed by atoms with Crippen molar-refractivity contribution >= 4 is 5.91 Å². The van der Waals surface area contributed by atoms with Gasteiger partial charge in [0.1, 0.15) is 0 Å². The van der Waals surface area contributed by atoms with Crippen molar-refractivity contribution in [1.29, 1.82) is 0 Å². The van der Waals surface area contributed by atoms with E-state index in [4.69, 9.17) is 0 Å². The number of carbonyl (C=O) groups excluding carboxylic acids is 1. The monoisotopic (exact) mass is 214 g/mol. The first-order valence-corrected chi connectivity index (χ1v) is 5.80. The number of carbonyl (C=O) groups is 1. The third-order valence-electron chi connectivity index (χ3n) is 2.95. The summed E-state index contributed by atoms with van der Waals surface area (Å²) < 4.78 is 0. The van der Waals surface area contributed by atoms with Gasteiger partial charge in [0.2, 0.25) is 5.91 Å². The molecule has 90 valence electrons. The second kappa shape index (κ2) is 6.11. The molecular formula is C12H26N2O. The fourth-order valence-electron chi connectivity index (χ4n) is 1.08. The highest BCUT2D eigenvalue weighted by atomic mass is 16.2. The van der Waals surface area contributed by atoms with Crippen molar-refractivity contribution in [3.63, 3.8) is 0 Å². The minimum Gasteiger partial charge on any atom is -0.355 e. The number of amides is 1. The highest BCUT2D eigenvalue weighted by Gasteiger charge is 2.21. The van der Waals surface area contributed by atoms with Crippen molar-refractivity contribution in [3.8, 4) is 0 Å². The molecule has 0 radical (unpaired) electrons. The Kier molecular flexibility index (Phi) is 5.88. The zero-order chi connectivity index (χ0) is 12.1. The van der Waals surface area contributed by atoms with Crippen molar-refractivity contribution in [1.82, 2.24) is 10.6 Å². The molecule has 0 spiro atoms. The minimum absolute atomic E-state index is 0.0820. The van der Waals surface area contributed by atoms with E-state index in [1.165, 1.54) is 0 Å². The zero-order valence-electron chi connectivity index (χ0n) is 11.0. The van der Waals surface area contributed by atoms with Crippen LogP contribution in [0.15, 0.2) is 0 Å². The Labute approximate surface area is 94.0 Å².